The van der Waals surface area contributed by atoms with Crippen LogP contribution in [0.2, 0.25) is 0 Å². The molecule has 0 aliphatic carbocycles. The van der Waals surface area contributed by atoms with Crippen molar-refractivity contribution in [3.8, 4) is 0 Å². The van der Waals surface area contributed by atoms with Crippen LogP contribution in [0.4, 0.5) is 5.82 Å². The Morgan fingerprint density at radius 2 is 2.17 bits per heavy atom. The quantitative estimate of drug-likeness (QED) is 0.809. The number of para-hydroxylation sites is 1. The Morgan fingerprint density at radius 1 is 1.44 bits per heavy atom. The molecule has 4 nitrogen and oxygen atoms in total. The Hall–Kier alpha value is -2.36. The molecule has 1 aromatic carbocycles. The topological polar surface area (TPSA) is 62.2 Å². The predicted octanol–water partition coefficient (Wildman–Crippen LogP) is 2.92. The van der Waals surface area contributed by atoms with Gasteiger partial charge in [-0.25, -0.2) is 9.78 Å². The molecule has 0 atom stereocenters. The van der Waals surface area contributed by atoms with E-state index in [9.17, 15) is 9.90 Å². The lowest BCUT2D eigenvalue weighted by molar-refractivity contribution is 0.0699. The van der Waals surface area contributed by atoms with Gasteiger partial charge in [-0.05, 0) is 19.1 Å². The molecule has 0 aliphatic heterocycles. The number of pyridine rings is 1. The van der Waals surface area contributed by atoms with Crippen molar-refractivity contribution < 1.29 is 9.90 Å². The highest BCUT2D eigenvalue weighted by molar-refractivity contribution is 6.03. The van der Waals surface area contributed by atoms with Gasteiger partial charge in [0.1, 0.15) is 5.82 Å². The first-order chi connectivity index (χ1) is 8.58. The fourth-order valence-electron chi connectivity index (χ4n) is 1.68. The molecule has 0 spiro atoms. The maximum Gasteiger partial charge on any atom is 0.336 e. The average molecular weight is 242 g/mol. The molecule has 18 heavy (non-hydrogen) atoms. The fraction of sp³-hybridized carbons (Fsp3) is 0.143. The lowest BCUT2D eigenvalue weighted by atomic mass is 10.1. The molecule has 0 radical (unpaired) electrons. The maximum atomic E-state index is 11.2. The Balaban J connectivity index is 2.50. The minimum atomic E-state index is -0.952. The molecule has 0 unspecified atom stereocenters. The maximum absolute atomic E-state index is 11.2. The van der Waals surface area contributed by atoms with Gasteiger partial charge in [0.25, 0.3) is 0 Å². The highest BCUT2D eigenvalue weighted by Crippen LogP contribution is 2.20. The summed E-state index contributed by atoms with van der Waals surface area (Å²) in [5.41, 5.74) is 1.88. The summed E-state index contributed by atoms with van der Waals surface area (Å²) in [6.45, 7) is 6.25. The number of hydrogen-bond donors (Lipinski definition) is 2. The van der Waals surface area contributed by atoms with Gasteiger partial charge in [0.05, 0.1) is 11.1 Å². The van der Waals surface area contributed by atoms with Gasteiger partial charge in [-0.3, -0.25) is 0 Å². The second-order valence-corrected chi connectivity index (χ2v) is 4.19. The molecule has 0 aliphatic rings. The van der Waals surface area contributed by atoms with Crippen LogP contribution in [0.1, 0.15) is 17.3 Å². The molecule has 0 saturated carbocycles. The molecule has 2 rings (SSSR count). The first-order valence-electron chi connectivity index (χ1n) is 5.59. The third-order valence-electron chi connectivity index (χ3n) is 2.52. The van der Waals surface area contributed by atoms with Gasteiger partial charge >= 0.3 is 5.97 Å². The zero-order valence-electron chi connectivity index (χ0n) is 10.1. The number of aromatic carboxylic acids is 1. The van der Waals surface area contributed by atoms with E-state index in [0.29, 0.717) is 23.3 Å². The zero-order chi connectivity index (χ0) is 13.1. The van der Waals surface area contributed by atoms with Crippen LogP contribution in [0.3, 0.4) is 0 Å². The summed E-state index contributed by atoms with van der Waals surface area (Å²) in [5, 5.41) is 12.9. The first-order valence-corrected chi connectivity index (χ1v) is 5.59. The summed E-state index contributed by atoms with van der Waals surface area (Å²) in [5.74, 6) is -0.402. The smallest absolute Gasteiger partial charge is 0.336 e. The number of nitrogens with one attached hydrogen (secondary N) is 1. The van der Waals surface area contributed by atoms with Crippen molar-refractivity contribution in [2.75, 3.05) is 11.9 Å². The monoisotopic (exact) mass is 242 g/mol. The fourth-order valence-corrected chi connectivity index (χ4v) is 1.68. The number of hydrogen-bond acceptors (Lipinski definition) is 3. The highest BCUT2D eigenvalue weighted by Gasteiger charge is 2.11. The van der Waals surface area contributed by atoms with Crippen molar-refractivity contribution in [3.63, 3.8) is 0 Å². The number of rotatable bonds is 4. The van der Waals surface area contributed by atoms with Crippen LogP contribution in [0.25, 0.3) is 10.9 Å². The summed E-state index contributed by atoms with van der Waals surface area (Å²) in [6, 6.07) is 8.75. The van der Waals surface area contributed by atoms with Crippen LogP contribution in [0.5, 0.6) is 0 Å². The molecule has 1 aromatic heterocycles. The normalized spacial score (nSPS) is 10.3. The molecular formula is C14H14N2O2. The van der Waals surface area contributed by atoms with Crippen LogP contribution in [0, 0.1) is 0 Å². The third-order valence-corrected chi connectivity index (χ3v) is 2.52. The number of carbonyl (C=O) groups is 1. The molecule has 0 saturated heterocycles. The molecule has 0 amide bonds. The Bertz CT molecular complexity index is 620. The largest absolute Gasteiger partial charge is 0.478 e. The van der Waals surface area contributed by atoms with E-state index in [1.54, 1.807) is 24.3 Å². The predicted molar refractivity (Wildman–Crippen MR) is 72.0 cm³/mol. The molecule has 0 fully saturated rings. The minimum Gasteiger partial charge on any atom is -0.478 e. The molecule has 1 heterocycles. The minimum absolute atomic E-state index is 0.254. The van der Waals surface area contributed by atoms with Crippen molar-refractivity contribution in [3.05, 3.63) is 48.0 Å². The van der Waals surface area contributed by atoms with Crippen molar-refractivity contribution in [2.24, 2.45) is 0 Å². The SMILES string of the molecule is C=C(C)CNc1cc(C(=O)O)c2ccccc2n1. The van der Waals surface area contributed by atoms with E-state index in [0.717, 1.165) is 5.57 Å². The second-order valence-electron chi connectivity index (χ2n) is 4.19. The van der Waals surface area contributed by atoms with Gasteiger partial charge < -0.3 is 10.4 Å². The average Bonchev–Trinajstić information content (AvgIpc) is 2.35. The second kappa shape index (κ2) is 4.87. The molecule has 4 heteroatoms. The third kappa shape index (κ3) is 2.48. The summed E-state index contributed by atoms with van der Waals surface area (Å²) in [4.78, 5) is 15.6. The van der Waals surface area contributed by atoms with E-state index in [4.69, 9.17) is 0 Å². The molecule has 2 aromatic rings. The van der Waals surface area contributed by atoms with E-state index in [1.807, 2.05) is 13.0 Å². The van der Waals surface area contributed by atoms with Crippen molar-refractivity contribution >= 4 is 22.7 Å². The molecule has 2 N–H and O–H groups in total. The Kier molecular flexibility index (Phi) is 3.28. The Morgan fingerprint density at radius 3 is 2.83 bits per heavy atom. The summed E-state index contributed by atoms with van der Waals surface area (Å²) in [7, 11) is 0. The zero-order valence-corrected chi connectivity index (χ0v) is 10.1. The van der Waals surface area contributed by atoms with Gasteiger partial charge in [-0.1, -0.05) is 30.4 Å². The number of carboxylic acid groups (broad SMARTS) is 1. The van der Waals surface area contributed by atoms with Crippen LogP contribution >= 0.6 is 0 Å². The van der Waals surface area contributed by atoms with Crippen LogP contribution in [0.15, 0.2) is 42.5 Å². The van der Waals surface area contributed by atoms with E-state index in [2.05, 4.69) is 16.9 Å². The summed E-state index contributed by atoms with van der Waals surface area (Å²) in [6.07, 6.45) is 0. The Labute approximate surface area is 105 Å². The summed E-state index contributed by atoms with van der Waals surface area (Å²) >= 11 is 0. The number of aromatic nitrogens is 1. The van der Waals surface area contributed by atoms with Crippen molar-refractivity contribution in [2.45, 2.75) is 6.92 Å². The van der Waals surface area contributed by atoms with Gasteiger partial charge in [0.15, 0.2) is 0 Å². The number of anilines is 1. The van der Waals surface area contributed by atoms with Crippen molar-refractivity contribution in [1.82, 2.24) is 4.98 Å². The molecular weight excluding hydrogens is 228 g/mol. The van der Waals surface area contributed by atoms with Gasteiger partial charge in [0, 0.05) is 11.9 Å². The first kappa shape index (κ1) is 12.1. The van der Waals surface area contributed by atoms with Gasteiger partial charge in [-0.15, -0.1) is 0 Å². The van der Waals surface area contributed by atoms with Crippen LogP contribution in [-0.2, 0) is 0 Å². The number of benzene rings is 1. The van der Waals surface area contributed by atoms with Crippen molar-refractivity contribution in [1.29, 1.82) is 0 Å². The number of carboxylic acids is 1. The standard InChI is InChI=1S/C14H14N2O2/c1-9(2)8-15-13-7-11(14(17)18)10-5-3-4-6-12(10)16-13/h3-7H,1,8H2,2H3,(H,15,16)(H,17,18). The van der Waals surface area contributed by atoms with E-state index < -0.39 is 5.97 Å². The number of nitrogens with zero attached hydrogens (tertiary/aromatic N) is 1. The molecule has 92 valence electrons. The molecule has 0 bridgehead atoms. The number of fused-ring (bicyclic) bond motifs is 1. The van der Waals surface area contributed by atoms with E-state index in [1.165, 1.54) is 0 Å². The lowest BCUT2D eigenvalue weighted by Gasteiger charge is -2.08. The highest BCUT2D eigenvalue weighted by atomic mass is 16.4. The van der Waals surface area contributed by atoms with E-state index >= 15 is 0 Å². The lowest BCUT2D eigenvalue weighted by Crippen LogP contribution is -2.06. The van der Waals surface area contributed by atoms with Gasteiger partial charge in [0.2, 0.25) is 0 Å². The summed E-state index contributed by atoms with van der Waals surface area (Å²) < 4.78 is 0. The van der Waals surface area contributed by atoms with Crippen LogP contribution < -0.4 is 5.32 Å². The van der Waals surface area contributed by atoms with Gasteiger partial charge in [-0.2, -0.15) is 0 Å². The van der Waals surface area contributed by atoms with E-state index in [-0.39, 0.29) is 5.56 Å². The van der Waals surface area contributed by atoms with Crippen LogP contribution in [-0.4, -0.2) is 22.6 Å².